The largest absolute Gasteiger partial charge is 0.507 e. The number of hydrogen-bond acceptors (Lipinski definition) is 2. The Bertz CT molecular complexity index is 1350. The highest BCUT2D eigenvalue weighted by atomic mass is 31.1. The predicted octanol–water partition coefficient (Wildman–Crippen LogP) is 9.14. The molecule has 0 saturated carbocycles. The first kappa shape index (κ1) is 28.9. The van der Waals surface area contributed by atoms with E-state index in [1.165, 1.54) is 33.2 Å². The smallest absolute Gasteiger partial charge is 0.122 e. The number of phenols is 1. The topological polar surface area (TPSA) is 23.5 Å². The fourth-order valence-corrected chi connectivity index (χ4v) is 6.87. The number of aromatic hydroxyl groups is 1. The number of nitrogens with zero attached hydrogens (tertiary/aromatic N) is 1. The van der Waals surface area contributed by atoms with Crippen LogP contribution in [-0.4, -0.2) is 5.11 Å². The van der Waals surface area contributed by atoms with Crippen LogP contribution in [0.15, 0.2) is 91.0 Å². The summed E-state index contributed by atoms with van der Waals surface area (Å²) >= 11 is 0. The summed E-state index contributed by atoms with van der Waals surface area (Å²) in [6.07, 6.45) is 0.942. The molecule has 3 heteroatoms. The van der Waals surface area contributed by atoms with Crippen LogP contribution in [0, 0.1) is 13.8 Å². The van der Waals surface area contributed by atoms with Gasteiger partial charge in [0.2, 0.25) is 0 Å². The van der Waals surface area contributed by atoms with Crippen molar-refractivity contribution in [1.29, 1.82) is 0 Å². The molecule has 204 valence electrons. The number of rotatable bonds is 9. The molecule has 0 aliphatic carbocycles. The minimum Gasteiger partial charge on any atom is -0.507 e. The molecule has 0 aromatic heterocycles. The third-order valence-electron chi connectivity index (χ3n) is 7.89. The van der Waals surface area contributed by atoms with E-state index in [9.17, 15) is 5.11 Å². The Kier molecular flexibility index (Phi) is 8.87. The van der Waals surface area contributed by atoms with Crippen molar-refractivity contribution in [2.45, 2.75) is 78.5 Å². The molecule has 0 radical (unpaired) electrons. The summed E-state index contributed by atoms with van der Waals surface area (Å²) in [7, 11) is 0.509. The van der Waals surface area contributed by atoms with Crippen LogP contribution >= 0.6 is 8.58 Å². The molecule has 1 N–H and O–H groups in total. The molecule has 2 atom stereocenters. The van der Waals surface area contributed by atoms with Crippen molar-refractivity contribution in [3.05, 3.63) is 124 Å². The van der Waals surface area contributed by atoms with Crippen molar-refractivity contribution < 1.29 is 5.11 Å². The highest BCUT2D eigenvalue weighted by Crippen LogP contribution is 2.50. The summed E-state index contributed by atoms with van der Waals surface area (Å²) in [5.41, 5.74) is 8.51. The average molecular weight is 538 g/mol. The van der Waals surface area contributed by atoms with Crippen molar-refractivity contribution in [3.63, 3.8) is 0 Å². The van der Waals surface area contributed by atoms with Crippen LogP contribution in [0.25, 0.3) is 0 Å². The summed E-state index contributed by atoms with van der Waals surface area (Å²) in [6, 6.07) is 32.6. The van der Waals surface area contributed by atoms with E-state index >= 15 is 0 Å². The van der Waals surface area contributed by atoms with Gasteiger partial charge >= 0.3 is 0 Å². The predicted molar refractivity (Wildman–Crippen MR) is 171 cm³/mol. The summed E-state index contributed by atoms with van der Waals surface area (Å²) < 4.78 is 0. The first-order valence-corrected chi connectivity index (χ1v) is 15.1. The lowest BCUT2D eigenvalue weighted by molar-refractivity contribution is 0.450. The summed E-state index contributed by atoms with van der Waals surface area (Å²) in [5, 5.41) is 12.6. The highest BCUT2D eigenvalue weighted by Gasteiger charge is 2.32. The van der Waals surface area contributed by atoms with E-state index in [0.717, 1.165) is 30.6 Å². The third-order valence-corrected chi connectivity index (χ3v) is 9.97. The molecular weight excluding hydrogens is 493 g/mol. The van der Waals surface area contributed by atoms with Gasteiger partial charge in [0.15, 0.2) is 0 Å². The average Bonchev–Trinajstić information content (AvgIpc) is 2.91. The van der Waals surface area contributed by atoms with Crippen molar-refractivity contribution in [2.75, 3.05) is 4.90 Å². The van der Waals surface area contributed by atoms with Gasteiger partial charge in [-0.2, -0.15) is 0 Å². The maximum atomic E-state index is 11.4. The normalized spacial score (nSPS) is 13.5. The van der Waals surface area contributed by atoms with Crippen molar-refractivity contribution in [2.24, 2.45) is 0 Å². The van der Waals surface area contributed by atoms with Gasteiger partial charge in [-0.1, -0.05) is 128 Å². The zero-order valence-electron chi connectivity index (χ0n) is 24.7. The molecule has 0 bridgehead atoms. The lowest BCUT2D eigenvalue weighted by Crippen LogP contribution is -2.29. The van der Waals surface area contributed by atoms with Crippen molar-refractivity contribution in [1.82, 2.24) is 0 Å². The molecular formula is C36H44NOP. The van der Waals surface area contributed by atoms with Crippen LogP contribution in [0.5, 0.6) is 5.75 Å². The first-order valence-electron chi connectivity index (χ1n) is 14.1. The Labute approximate surface area is 237 Å². The molecule has 0 aliphatic heterocycles. The standard InChI is InChI=1S/C36H44NOP/c1-8-36(7,31-23-30(35(4,5)6)22-27(3)33(31)38)39-34-26(2)16-15-21-32(34)37(24-28-17-11-9-12-18-28)25-29-19-13-10-14-20-29/h9-23,38-39H,8,24-25H2,1-7H3. The minimum absolute atomic E-state index is 0.0148. The van der Waals surface area contributed by atoms with Crippen LogP contribution in [0.1, 0.15) is 74.4 Å². The summed E-state index contributed by atoms with van der Waals surface area (Å²) in [5.74, 6) is 0.445. The SMILES string of the molecule is CCC(C)(Pc1c(C)cccc1N(Cc1ccccc1)Cc1ccccc1)c1cc(C(C)(C)C)cc(C)c1O. The summed E-state index contributed by atoms with van der Waals surface area (Å²) in [6.45, 7) is 17.3. The minimum atomic E-state index is -0.192. The van der Waals surface area contributed by atoms with E-state index in [1.807, 2.05) is 6.92 Å². The van der Waals surface area contributed by atoms with Crippen LogP contribution in [0.3, 0.4) is 0 Å². The Morgan fingerprint density at radius 3 is 1.79 bits per heavy atom. The van der Waals surface area contributed by atoms with E-state index in [4.69, 9.17) is 0 Å². The monoisotopic (exact) mass is 537 g/mol. The van der Waals surface area contributed by atoms with Crippen LogP contribution in [0.2, 0.25) is 0 Å². The molecule has 4 aromatic rings. The molecule has 0 spiro atoms. The van der Waals surface area contributed by atoms with Crippen molar-refractivity contribution >= 4 is 19.6 Å². The number of anilines is 1. The number of benzene rings is 4. The molecule has 4 aromatic carbocycles. The molecule has 0 saturated heterocycles. The second-order valence-electron chi connectivity index (χ2n) is 12.0. The Morgan fingerprint density at radius 2 is 1.28 bits per heavy atom. The number of phenolic OH excluding ortho intramolecular Hbond substituents is 1. The molecule has 0 fully saturated rings. The first-order chi connectivity index (χ1) is 18.5. The van der Waals surface area contributed by atoms with Gasteiger partial charge in [0.25, 0.3) is 0 Å². The third kappa shape index (κ3) is 6.74. The Hall–Kier alpha value is -3.09. The van der Waals surface area contributed by atoms with Gasteiger partial charge in [0.1, 0.15) is 5.75 Å². The van der Waals surface area contributed by atoms with Crippen LogP contribution in [0.4, 0.5) is 5.69 Å². The quantitative estimate of drug-likeness (QED) is 0.215. The molecule has 4 rings (SSSR count). The van der Waals surface area contributed by atoms with E-state index in [0.29, 0.717) is 14.3 Å². The fourth-order valence-electron chi connectivity index (χ4n) is 5.17. The molecule has 0 amide bonds. The second kappa shape index (κ2) is 12.0. The second-order valence-corrected chi connectivity index (χ2v) is 13.9. The number of aryl methyl sites for hydroxylation is 2. The van der Waals surface area contributed by atoms with Crippen LogP contribution in [-0.2, 0) is 23.7 Å². The maximum absolute atomic E-state index is 11.4. The number of hydrogen-bond donors (Lipinski definition) is 1. The Balaban J connectivity index is 1.81. The lowest BCUT2D eigenvalue weighted by Gasteiger charge is -2.35. The molecule has 2 unspecified atom stereocenters. The van der Waals surface area contributed by atoms with Crippen LogP contribution < -0.4 is 10.2 Å². The Morgan fingerprint density at radius 1 is 0.718 bits per heavy atom. The molecule has 2 nitrogen and oxygen atoms in total. The van der Waals surface area contributed by atoms with Gasteiger partial charge in [-0.15, -0.1) is 0 Å². The fraction of sp³-hybridized carbons (Fsp3) is 0.333. The highest BCUT2D eigenvalue weighted by molar-refractivity contribution is 7.49. The van der Waals surface area contributed by atoms with Gasteiger partial charge in [0, 0.05) is 29.5 Å². The maximum Gasteiger partial charge on any atom is 0.122 e. The zero-order chi connectivity index (χ0) is 28.2. The summed E-state index contributed by atoms with van der Waals surface area (Å²) in [4.78, 5) is 2.52. The van der Waals surface area contributed by atoms with E-state index in [2.05, 4.69) is 137 Å². The van der Waals surface area contributed by atoms with Gasteiger partial charge in [0.05, 0.1) is 0 Å². The van der Waals surface area contributed by atoms with E-state index < -0.39 is 0 Å². The van der Waals surface area contributed by atoms with Gasteiger partial charge in [-0.3, -0.25) is 0 Å². The van der Waals surface area contributed by atoms with Gasteiger partial charge < -0.3 is 10.0 Å². The molecule has 39 heavy (non-hydrogen) atoms. The zero-order valence-corrected chi connectivity index (χ0v) is 25.7. The van der Waals surface area contributed by atoms with E-state index in [-0.39, 0.29) is 10.6 Å². The molecule has 0 heterocycles. The van der Waals surface area contributed by atoms with E-state index in [1.54, 1.807) is 0 Å². The lowest BCUT2D eigenvalue weighted by atomic mass is 9.82. The van der Waals surface area contributed by atoms with Crippen molar-refractivity contribution in [3.8, 4) is 5.75 Å². The van der Waals surface area contributed by atoms with Gasteiger partial charge in [-0.25, -0.2) is 0 Å². The molecule has 0 aliphatic rings. The van der Waals surface area contributed by atoms with Gasteiger partial charge in [-0.05, 0) is 64.9 Å².